The number of esters is 2. The van der Waals surface area contributed by atoms with Crippen molar-refractivity contribution in [3.63, 3.8) is 0 Å². The van der Waals surface area contributed by atoms with Crippen LogP contribution in [-0.4, -0.2) is 35.1 Å². The fourth-order valence-corrected chi connectivity index (χ4v) is 5.15. The van der Waals surface area contributed by atoms with Crippen molar-refractivity contribution in [1.29, 1.82) is 0 Å². The molecule has 0 aromatic carbocycles. The van der Waals surface area contributed by atoms with E-state index in [0.29, 0.717) is 24.6 Å². The molecule has 0 aliphatic carbocycles. The Labute approximate surface area is 205 Å². The maximum atomic E-state index is 12.9. The van der Waals surface area contributed by atoms with Gasteiger partial charge in [0.1, 0.15) is 11.4 Å². The minimum atomic E-state index is -0.296. The predicted molar refractivity (Wildman–Crippen MR) is 137 cm³/mol. The second-order valence-corrected chi connectivity index (χ2v) is 9.11. The molecule has 0 bridgehead atoms. The van der Waals surface area contributed by atoms with Crippen LogP contribution >= 0.6 is 0 Å². The van der Waals surface area contributed by atoms with E-state index < -0.39 is 0 Å². The first kappa shape index (κ1) is 27.7. The van der Waals surface area contributed by atoms with Gasteiger partial charge in [0.05, 0.1) is 13.2 Å². The Bertz CT molecular complexity index is 893. The van der Waals surface area contributed by atoms with Gasteiger partial charge in [-0.05, 0) is 67.7 Å². The Kier molecular flexibility index (Phi) is 10.5. The first-order valence-electron chi connectivity index (χ1n) is 13.1. The number of carbonyl (C=O) groups excluding carboxylic acids is 2. The van der Waals surface area contributed by atoms with E-state index in [1.165, 1.54) is 11.1 Å². The summed E-state index contributed by atoms with van der Waals surface area (Å²) in [5.41, 5.74) is 7.76. The summed E-state index contributed by atoms with van der Waals surface area (Å²) in [7, 11) is 0. The third-order valence-corrected chi connectivity index (χ3v) is 6.46. The van der Waals surface area contributed by atoms with Crippen molar-refractivity contribution in [2.75, 3.05) is 13.2 Å². The topological polar surface area (TPSA) is 84.2 Å². The quantitative estimate of drug-likeness (QED) is 0.325. The lowest BCUT2D eigenvalue weighted by Gasteiger charge is -2.23. The van der Waals surface area contributed by atoms with Gasteiger partial charge < -0.3 is 19.4 Å². The number of hydrogen-bond acceptors (Lipinski definition) is 4. The van der Waals surface area contributed by atoms with Crippen LogP contribution in [0.25, 0.3) is 0 Å². The van der Waals surface area contributed by atoms with Crippen molar-refractivity contribution in [1.82, 2.24) is 9.97 Å². The first-order valence-corrected chi connectivity index (χ1v) is 13.1. The molecule has 2 heterocycles. The molecule has 0 fully saturated rings. The first-order chi connectivity index (χ1) is 16.3. The van der Waals surface area contributed by atoms with E-state index in [9.17, 15) is 9.59 Å². The van der Waals surface area contributed by atoms with Gasteiger partial charge in [-0.1, -0.05) is 54.4 Å². The molecular weight excluding hydrogens is 428 g/mol. The fraction of sp³-hybridized carbons (Fsp3) is 0.643. The summed E-state index contributed by atoms with van der Waals surface area (Å²) in [6.07, 6.45) is 5.16. The summed E-state index contributed by atoms with van der Waals surface area (Å²) in [6.45, 7) is 17.3. The smallest absolute Gasteiger partial charge is 0.355 e. The number of aromatic nitrogens is 2. The summed E-state index contributed by atoms with van der Waals surface area (Å²) < 4.78 is 10.8. The van der Waals surface area contributed by atoms with Crippen molar-refractivity contribution in [3.8, 4) is 0 Å². The summed E-state index contributed by atoms with van der Waals surface area (Å²) >= 11 is 0. The number of rotatable bonds is 13. The van der Waals surface area contributed by atoms with Gasteiger partial charge in [-0.25, -0.2) is 9.59 Å². The van der Waals surface area contributed by atoms with Crippen molar-refractivity contribution in [2.24, 2.45) is 5.92 Å². The van der Waals surface area contributed by atoms with Crippen molar-refractivity contribution < 1.29 is 19.1 Å². The second-order valence-electron chi connectivity index (χ2n) is 9.11. The molecule has 0 saturated heterocycles. The molecule has 0 saturated carbocycles. The molecule has 0 aliphatic heterocycles. The Morgan fingerprint density at radius 3 is 1.32 bits per heavy atom. The lowest BCUT2D eigenvalue weighted by Crippen LogP contribution is -2.14. The number of aromatic amines is 2. The lowest BCUT2D eigenvalue weighted by molar-refractivity contribution is 0.0509. The van der Waals surface area contributed by atoms with Crippen LogP contribution in [0.1, 0.15) is 129 Å². The molecule has 0 amide bonds. The molecule has 2 aromatic heterocycles. The molecule has 0 radical (unpaired) electrons. The zero-order chi connectivity index (χ0) is 25.4. The van der Waals surface area contributed by atoms with Crippen LogP contribution in [-0.2, 0) is 35.2 Å². The molecule has 0 aliphatic rings. The lowest BCUT2D eigenvalue weighted by atomic mass is 9.83. The van der Waals surface area contributed by atoms with Gasteiger partial charge in [0.15, 0.2) is 0 Å². The highest BCUT2D eigenvalue weighted by Crippen LogP contribution is 2.40. The molecule has 2 rings (SSSR count). The van der Waals surface area contributed by atoms with Gasteiger partial charge >= 0.3 is 11.9 Å². The number of carbonyl (C=O) groups is 2. The van der Waals surface area contributed by atoms with Gasteiger partial charge in [0.25, 0.3) is 0 Å². The van der Waals surface area contributed by atoms with E-state index in [1.54, 1.807) is 0 Å². The summed E-state index contributed by atoms with van der Waals surface area (Å²) in [5, 5.41) is 0. The predicted octanol–water partition coefficient (Wildman–Crippen LogP) is 6.51. The zero-order valence-electron chi connectivity index (χ0n) is 22.4. The molecule has 6 nitrogen and oxygen atoms in total. The molecule has 0 spiro atoms. The molecule has 6 heteroatoms. The van der Waals surface area contributed by atoms with Crippen LogP contribution in [0.4, 0.5) is 0 Å². The van der Waals surface area contributed by atoms with Gasteiger partial charge in [-0.3, -0.25) is 0 Å². The molecule has 2 aromatic rings. The van der Waals surface area contributed by atoms with Crippen LogP contribution in [0, 0.1) is 5.92 Å². The van der Waals surface area contributed by atoms with E-state index in [2.05, 4.69) is 51.5 Å². The number of nitrogens with one attached hydrogen (secondary N) is 2. The monoisotopic (exact) mass is 472 g/mol. The van der Waals surface area contributed by atoms with Crippen LogP contribution in [0.5, 0.6) is 0 Å². The Hall–Kier alpha value is -2.50. The third-order valence-electron chi connectivity index (χ3n) is 6.46. The zero-order valence-corrected chi connectivity index (χ0v) is 22.4. The number of ether oxygens (including phenoxy) is 2. The molecule has 190 valence electrons. The molecule has 0 unspecified atom stereocenters. The highest BCUT2D eigenvalue weighted by Gasteiger charge is 2.33. The minimum Gasteiger partial charge on any atom is -0.461 e. The largest absolute Gasteiger partial charge is 0.461 e. The maximum Gasteiger partial charge on any atom is 0.355 e. The SMILES string of the molecule is CCCc1c(C(=O)OCC)[nH]c(C(c2[nH]c(C(=O)OCC)c(CCC)c2CC)C(C)C)c1CC. The molecule has 34 heavy (non-hydrogen) atoms. The van der Waals surface area contributed by atoms with E-state index in [1.807, 2.05) is 13.8 Å². The van der Waals surface area contributed by atoms with Crippen molar-refractivity contribution in [3.05, 3.63) is 45.0 Å². The Morgan fingerprint density at radius 1 is 0.676 bits per heavy atom. The average molecular weight is 473 g/mol. The van der Waals surface area contributed by atoms with E-state index in [0.717, 1.165) is 61.0 Å². The van der Waals surface area contributed by atoms with Crippen molar-refractivity contribution >= 4 is 11.9 Å². The summed E-state index contributed by atoms with van der Waals surface area (Å²) in [6, 6.07) is 0. The van der Waals surface area contributed by atoms with E-state index >= 15 is 0 Å². The van der Waals surface area contributed by atoms with Crippen LogP contribution in [0.2, 0.25) is 0 Å². The Morgan fingerprint density at radius 2 is 1.06 bits per heavy atom. The molecular formula is C28H44N2O4. The molecule has 2 N–H and O–H groups in total. The second kappa shape index (κ2) is 12.8. The Balaban J connectivity index is 2.81. The number of hydrogen-bond donors (Lipinski definition) is 2. The fourth-order valence-electron chi connectivity index (χ4n) is 5.15. The molecule has 0 atom stereocenters. The van der Waals surface area contributed by atoms with Gasteiger partial charge in [-0.15, -0.1) is 0 Å². The van der Waals surface area contributed by atoms with E-state index in [4.69, 9.17) is 9.47 Å². The standard InChI is InChI=1S/C28H44N2O4/c1-9-15-20-18(11-3)23(29-25(20)27(31)33-13-5)22(17(7)8)24-19(12-4)21(16-10-2)26(30-24)28(32)34-14-6/h17,22,29-30H,9-16H2,1-8H3. The third kappa shape index (κ3) is 5.59. The normalized spacial score (nSPS) is 11.5. The van der Waals surface area contributed by atoms with Crippen LogP contribution in [0.15, 0.2) is 0 Å². The van der Waals surface area contributed by atoms with E-state index in [-0.39, 0.29) is 23.8 Å². The van der Waals surface area contributed by atoms with Gasteiger partial charge in [0, 0.05) is 17.3 Å². The maximum absolute atomic E-state index is 12.9. The average Bonchev–Trinajstić information content (AvgIpc) is 3.33. The summed E-state index contributed by atoms with van der Waals surface area (Å²) in [4.78, 5) is 32.7. The van der Waals surface area contributed by atoms with Gasteiger partial charge in [0.2, 0.25) is 0 Å². The highest BCUT2D eigenvalue weighted by atomic mass is 16.5. The van der Waals surface area contributed by atoms with Crippen molar-refractivity contribution in [2.45, 2.75) is 99.8 Å². The van der Waals surface area contributed by atoms with Crippen LogP contribution in [0.3, 0.4) is 0 Å². The highest BCUT2D eigenvalue weighted by molar-refractivity contribution is 5.91. The number of H-pyrrole nitrogens is 2. The summed E-state index contributed by atoms with van der Waals surface area (Å²) in [5.74, 6) is -0.365. The minimum absolute atomic E-state index is 0.0116. The van der Waals surface area contributed by atoms with Gasteiger partial charge in [-0.2, -0.15) is 0 Å². The van der Waals surface area contributed by atoms with Crippen LogP contribution < -0.4 is 0 Å².